The number of aliphatic hydroxyl groups is 3. The molecule has 2 rings (SSSR count). The van der Waals surface area contributed by atoms with Gasteiger partial charge in [0, 0.05) is 6.20 Å². The van der Waals surface area contributed by atoms with Crippen LogP contribution in [0.1, 0.15) is 6.23 Å². The maximum absolute atomic E-state index is 9.81. The third-order valence-electron chi connectivity index (χ3n) is 2.64. The number of ether oxygens (including phenoxy) is 1. The molecular weight excluding hydrogens is 264 g/mol. The Kier molecular flexibility index (Phi) is 3.71. The smallest absolute Gasteiger partial charge is 0.180 e. The molecule has 1 aromatic heterocycles. The molecule has 0 amide bonds. The minimum absolute atomic E-state index is 0.285. The van der Waals surface area contributed by atoms with E-state index in [-0.39, 0.29) is 11.4 Å². The van der Waals surface area contributed by atoms with E-state index in [0.29, 0.717) is 4.64 Å². The molecule has 0 radical (unpaired) electrons. The number of hydrogen-bond acceptors (Lipinski definition) is 6. The minimum Gasteiger partial charge on any atom is -0.394 e. The Morgan fingerprint density at radius 2 is 2.06 bits per heavy atom. The Morgan fingerprint density at radius 3 is 2.59 bits per heavy atom. The van der Waals surface area contributed by atoms with Gasteiger partial charge in [0.05, 0.1) is 6.61 Å². The summed E-state index contributed by atoms with van der Waals surface area (Å²) in [7, 11) is 0. The zero-order valence-corrected chi connectivity index (χ0v) is 10.3. The molecule has 94 valence electrons. The Hall–Kier alpha value is -0.640. The molecule has 17 heavy (non-hydrogen) atoms. The van der Waals surface area contributed by atoms with Crippen LogP contribution in [0.5, 0.6) is 0 Å². The number of rotatable bonds is 2. The monoisotopic (exact) mass is 276 g/mol. The molecule has 0 unspecified atom stereocenters. The topological polar surface area (TPSA) is 90.6 Å². The molecule has 0 saturated carbocycles. The summed E-state index contributed by atoms with van der Waals surface area (Å²) < 4.78 is 7.54. The average molecular weight is 276 g/mol. The maximum atomic E-state index is 9.81. The van der Waals surface area contributed by atoms with Crippen molar-refractivity contribution in [1.82, 2.24) is 9.55 Å². The number of nitrogens with one attached hydrogen (secondary N) is 1. The van der Waals surface area contributed by atoms with Crippen LogP contribution >= 0.6 is 24.4 Å². The van der Waals surface area contributed by atoms with Gasteiger partial charge in [-0.3, -0.25) is 4.57 Å². The summed E-state index contributed by atoms with van der Waals surface area (Å²) in [5.41, 5.74) is 0. The second-order valence-electron chi connectivity index (χ2n) is 3.75. The van der Waals surface area contributed by atoms with Gasteiger partial charge in [-0.2, -0.15) is 0 Å². The Morgan fingerprint density at radius 1 is 1.35 bits per heavy atom. The summed E-state index contributed by atoms with van der Waals surface area (Å²) in [5, 5.41) is 28.4. The fourth-order valence-electron chi connectivity index (χ4n) is 1.74. The van der Waals surface area contributed by atoms with Gasteiger partial charge in [-0.15, -0.1) is 0 Å². The van der Waals surface area contributed by atoms with Crippen molar-refractivity contribution in [3.8, 4) is 0 Å². The normalized spacial score (nSPS) is 32.9. The van der Waals surface area contributed by atoms with Crippen molar-refractivity contribution >= 4 is 24.4 Å². The van der Waals surface area contributed by atoms with Gasteiger partial charge >= 0.3 is 0 Å². The number of aliphatic hydroxyl groups excluding tert-OH is 3. The van der Waals surface area contributed by atoms with Gasteiger partial charge in [0.1, 0.15) is 23.0 Å². The standard InChI is InChI=1S/C9H12N2O4S2/c12-3-4-6(13)7(14)8(15-4)11-2-1-5(16)10-9(11)17/h1-2,4,6-8,12-14H,3H2,(H,10,16,17)/t4-,6-,7-,8+/m1/s1. The first-order chi connectivity index (χ1) is 8.04. The largest absolute Gasteiger partial charge is 0.394 e. The van der Waals surface area contributed by atoms with Crippen molar-refractivity contribution in [2.75, 3.05) is 6.61 Å². The summed E-state index contributed by atoms with van der Waals surface area (Å²) in [6, 6.07) is 1.60. The number of aromatic nitrogens is 2. The second kappa shape index (κ2) is 4.92. The summed E-state index contributed by atoms with van der Waals surface area (Å²) >= 11 is 9.95. The molecule has 1 aliphatic rings. The second-order valence-corrected chi connectivity index (χ2v) is 4.57. The van der Waals surface area contributed by atoms with Crippen LogP contribution in [0, 0.1) is 9.41 Å². The fourth-order valence-corrected chi connectivity index (χ4v) is 2.23. The molecule has 0 bridgehead atoms. The molecule has 4 N–H and O–H groups in total. The lowest BCUT2D eigenvalue weighted by molar-refractivity contribution is -0.0541. The molecule has 8 heteroatoms. The first-order valence-corrected chi connectivity index (χ1v) is 5.80. The van der Waals surface area contributed by atoms with Crippen molar-refractivity contribution in [2.24, 2.45) is 0 Å². The average Bonchev–Trinajstić information content (AvgIpc) is 2.57. The van der Waals surface area contributed by atoms with Crippen LogP contribution in [-0.2, 0) is 4.74 Å². The Balaban J connectivity index is 2.35. The van der Waals surface area contributed by atoms with E-state index >= 15 is 0 Å². The van der Waals surface area contributed by atoms with Crippen molar-refractivity contribution in [3.05, 3.63) is 21.7 Å². The van der Waals surface area contributed by atoms with Crippen molar-refractivity contribution in [3.63, 3.8) is 0 Å². The van der Waals surface area contributed by atoms with Crippen LogP contribution in [0.25, 0.3) is 0 Å². The fraction of sp³-hybridized carbons (Fsp3) is 0.556. The molecule has 1 saturated heterocycles. The van der Waals surface area contributed by atoms with Crippen molar-refractivity contribution < 1.29 is 20.1 Å². The SMILES string of the molecule is OC[C@H]1O[C@H](n2ccc(=S)[nH]c2=S)[C@H](O)[C@@H]1O. The van der Waals surface area contributed by atoms with E-state index in [2.05, 4.69) is 4.98 Å². The predicted octanol–water partition coefficient (Wildman–Crippen LogP) is -0.113. The number of nitrogens with zero attached hydrogens (tertiary/aromatic N) is 1. The van der Waals surface area contributed by atoms with Crippen molar-refractivity contribution in [1.29, 1.82) is 0 Å². The predicted molar refractivity (Wildman–Crippen MR) is 63.5 cm³/mol. The summed E-state index contributed by atoms with van der Waals surface area (Å²) in [4.78, 5) is 2.74. The molecule has 0 aliphatic carbocycles. The van der Waals surface area contributed by atoms with E-state index in [9.17, 15) is 10.2 Å². The summed E-state index contributed by atoms with van der Waals surface area (Å²) in [5.74, 6) is 0. The maximum Gasteiger partial charge on any atom is 0.180 e. The van der Waals surface area contributed by atoms with Crippen molar-refractivity contribution in [2.45, 2.75) is 24.5 Å². The van der Waals surface area contributed by atoms with Gasteiger partial charge in [0.15, 0.2) is 11.0 Å². The molecule has 1 fully saturated rings. The van der Waals surface area contributed by atoms with E-state index in [1.54, 1.807) is 12.3 Å². The van der Waals surface area contributed by atoms with Gasteiger partial charge in [-0.05, 0) is 18.3 Å². The van der Waals surface area contributed by atoms with Gasteiger partial charge in [0.2, 0.25) is 0 Å². The van der Waals surface area contributed by atoms with Crippen LogP contribution in [0.15, 0.2) is 12.3 Å². The third kappa shape index (κ3) is 2.32. The summed E-state index contributed by atoms with van der Waals surface area (Å²) in [6.45, 7) is -0.370. The highest BCUT2D eigenvalue weighted by molar-refractivity contribution is 7.72. The molecule has 6 nitrogen and oxygen atoms in total. The van der Waals surface area contributed by atoms with Crippen LogP contribution < -0.4 is 0 Å². The van der Waals surface area contributed by atoms with E-state index in [1.165, 1.54) is 4.57 Å². The van der Waals surface area contributed by atoms with Crippen LogP contribution in [0.4, 0.5) is 0 Å². The van der Waals surface area contributed by atoms with Crippen LogP contribution in [-0.4, -0.2) is 49.8 Å². The van der Waals surface area contributed by atoms with E-state index in [4.69, 9.17) is 34.3 Å². The molecule has 2 heterocycles. The highest BCUT2D eigenvalue weighted by Gasteiger charge is 2.43. The highest BCUT2D eigenvalue weighted by Crippen LogP contribution is 2.28. The molecule has 0 aromatic carbocycles. The number of aromatic amines is 1. The molecule has 0 spiro atoms. The van der Waals surface area contributed by atoms with Gasteiger partial charge in [-0.1, -0.05) is 12.2 Å². The van der Waals surface area contributed by atoms with Gasteiger partial charge in [0.25, 0.3) is 0 Å². The highest BCUT2D eigenvalue weighted by atomic mass is 32.1. The van der Waals surface area contributed by atoms with Crippen LogP contribution in [0.2, 0.25) is 0 Å². The van der Waals surface area contributed by atoms with E-state index < -0.39 is 24.5 Å². The van der Waals surface area contributed by atoms with E-state index in [0.717, 1.165) is 0 Å². The Labute approximate surface area is 107 Å². The first kappa shape index (κ1) is 12.8. The molecule has 1 aliphatic heterocycles. The molecule has 1 aromatic rings. The molecular formula is C9H12N2O4S2. The zero-order valence-electron chi connectivity index (χ0n) is 8.68. The lowest BCUT2D eigenvalue weighted by atomic mass is 10.1. The lowest BCUT2D eigenvalue weighted by Gasteiger charge is -2.18. The molecule has 4 atom stereocenters. The lowest BCUT2D eigenvalue weighted by Crippen LogP contribution is -2.33. The van der Waals surface area contributed by atoms with Gasteiger partial charge < -0.3 is 25.0 Å². The quantitative estimate of drug-likeness (QED) is 0.563. The first-order valence-electron chi connectivity index (χ1n) is 4.98. The third-order valence-corrected chi connectivity index (χ3v) is 3.19. The van der Waals surface area contributed by atoms with Crippen LogP contribution in [0.3, 0.4) is 0 Å². The zero-order chi connectivity index (χ0) is 12.6. The Bertz CT molecular complexity index is 514. The number of hydrogen-bond donors (Lipinski definition) is 4. The van der Waals surface area contributed by atoms with E-state index in [1.807, 2.05) is 0 Å². The minimum atomic E-state index is -1.15. The summed E-state index contributed by atoms with van der Waals surface area (Å²) in [6.07, 6.45) is -2.37. The number of H-pyrrole nitrogens is 1. The van der Waals surface area contributed by atoms with Gasteiger partial charge in [-0.25, -0.2) is 0 Å².